The standard InChI is InChI=1S/C11H13ClO/c12-10-7-3-4-8-11(10)13-9-5-1-2-6-9/h3-4,7-9H,1-2,5-6H2. The molecule has 0 saturated heterocycles. The Balaban J connectivity index is 2.04. The highest BCUT2D eigenvalue weighted by atomic mass is 35.5. The van der Waals surface area contributed by atoms with E-state index in [1.54, 1.807) is 0 Å². The number of benzene rings is 1. The molecule has 1 fully saturated rings. The predicted octanol–water partition coefficient (Wildman–Crippen LogP) is 3.66. The average Bonchev–Trinajstić information content (AvgIpc) is 2.61. The van der Waals surface area contributed by atoms with Crippen molar-refractivity contribution in [2.75, 3.05) is 0 Å². The molecule has 0 spiro atoms. The van der Waals surface area contributed by atoms with E-state index in [0.29, 0.717) is 6.10 Å². The van der Waals surface area contributed by atoms with E-state index in [1.165, 1.54) is 25.7 Å². The maximum atomic E-state index is 5.98. The van der Waals surface area contributed by atoms with Gasteiger partial charge in [0.2, 0.25) is 0 Å². The lowest BCUT2D eigenvalue weighted by molar-refractivity contribution is 0.210. The number of para-hydroxylation sites is 1. The molecule has 0 aliphatic heterocycles. The Morgan fingerprint density at radius 1 is 1.15 bits per heavy atom. The maximum absolute atomic E-state index is 5.98. The van der Waals surface area contributed by atoms with Crippen molar-refractivity contribution in [3.63, 3.8) is 0 Å². The molecule has 0 unspecified atom stereocenters. The number of hydrogen-bond acceptors (Lipinski definition) is 1. The third-order valence-corrected chi connectivity index (χ3v) is 2.74. The molecule has 0 amide bonds. The van der Waals surface area contributed by atoms with Gasteiger partial charge in [0.1, 0.15) is 5.75 Å². The predicted molar refractivity (Wildman–Crippen MR) is 54.3 cm³/mol. The summed E-state index contributed by atoms with van der Waals surface area (Å²) in [5, 5.41) is 0.717. The molecule has 1 nitrogen and oxygen atoms in total. The topological polar surface area (TPSA) is 9.23 Å². The van der Waals surface area contributed by atoms with E-state index in [2.05, 4.69) is 0 Å². The van der Waals surface area contributed by atoms with Crippen LogP contribution in [0.5, 0.6) is 5.75 Å². The van der Waals surface area contributed by atoms with E-state index in [9.17, 15) is 0 Å². The van der Waals surface area contributed by atoms with Crippen molar-refractivity contribution in [2.24, 2.45) is 0 Å². The molecule has 0 N–H and O–H groups in total. The van der Waals surface area contributed by atoms with Gasteiger partial charge in [-0.1, -0.05) is 23.7 Å². The first-order valence-electron chi connectivity index (χ1n) is 4.77. The quantitative estimate of drug-likeness (QED) is 0.702. The van der Waals surface area contributed by atoms with Gasteiger partial charge in [-0.2, -0.15) is 0 Å². The van der Waals surface area contributed by atoms with Crippen LogP contribution in [0, 0.1) is 0 Å². The van der Waals surface area contributed by atoms with Crippen LogP contribution in [-0.2, 0) is 0 Å². The first kappa shape index (κ1) is 8.89. The maximum Gasteiger partial charge on any atom is 0.138 e. The van der Waals surface area contributed by atoms with Crippen LogP contribution in [0.15, 0.2) is 24.3 Å². The minimum absolute atomic E-state index is 0.389. The van der Waals surface area contributed by atoms with Crippen molar-refractivity contribution < 1.29 is 4.74 Å². The number of hydrogen-bond donors (Lipinski definition) is 0. The minimum atomic E-state index is 0.389. The van der Waals surface area contributed by atoms with Crippen molar-refractivity contribution in [2.45, 2.75) is 31.8 Å². The van der Waals surface area contributed by atoms with Crippen LogP contribution < -0.4 is 4.74 Å². The zero-order chi connectivity index (χ0) is 9.10. The first-order chi connectivity index (χ1) is 6.36. The molecule has 0 bridgehead atoms. The van der Waals surface area contributed by atoms with E-state index in [1.807, 2.05) is 24.3 Å². The fraction of sp³-hybridized carbons (Fsp3) is 0.455. The summed E-state index contributed by atoms with van der Waals surface area (Å²) in [4.78, 5) is 0. The largest absolute Gasteiger partial charge is 0.489 e. The highest BCUT2D eigenvalue weighted by Gasteiger charge is 2.17. The van der Waals surface area contributed by atoms with Crippen molar-refractivity contribution in [1.29, 1.82) is 0 Å². The number of ether oxygens (including phenoxy) is 1. The smallest absolute Gasteiger partial charge is 0.138 e. The van der Waals surface area contributed by atoms with Gasteiger partial charge >= 0.3 is 0 Å². The molecule has 0 radical (unpaired) electrons. The van der Waals surface area contributed by atoms with Crippen molar-refractivity contribution >= 4 is 11.6 Å². The number of halogens is 1. The Morgan fingerprint density at radius 2 is 1.85 bits per heavy atom. The van der Waals surface area contributed by atoms with Gasteiger partial charge < -0.3 is 4.74 Å². The van der Waals surface area contributed by atoms with Crippen molar-refractivity contribution in [3.8, 4) is 5.75 Å². The van der Waals surface area contributed by atoms with Gasteiger partial charge in [-0.25, -0.2) is 0 Å². The van der Waals surface area contributed by atoms with Crippen LogP contribution in [0.3, 0.4) is 0 Å². The highest BCUT2D eigenvalue weighted by molar-refractivity contribution is 6.32. The van der Waals surface area contributed by atoms with Crippen LogP contribution in [0.1, 0.15) is 25.7 Å². The Kier molecular flexibility index (Phi) is 2.74. The van der Waals surface area contributed by atoms with Crippen LogP contribution in [0.4, 0.5) is 0 Å². The van der Waals surface area contributed by atoms with Crippen LogP contribution in [-0.4, -0.2) is 6.10 Å². The molecule has 2 rings (SSSR count). The van der Waals surface area contributed by atoms with Gasteiger partial charge in [-0.15, -0.1) is 0 Å². The van der Waals surface area contributed by atoms with Crippen LogP contribution in [0.25, 0.3) is 0 Å². The summed E-state index contributed by atoms with van der Waals surface area (Å²) < 4.78 is 5.77. The summed E-state index contributed by atoms with van der Waals surface area (Å²) in [7, 11) is 0. The second kappa shape index (κ2) is 4.01. The monoisotopic (exact) mass is 196 g/mol. The molecule has 1 aliphatic rings. The van der Waals surface area contributed by atoms with Gasteiger partial charge in [0, 0.05) is 0 Å². The van der Waals surface area contributed by atoms with E-state index in [0.717, 1.165) is 10.8 Å². The lowest BCUT2D eigenvalue weighted by Crippen LogP contribution is -2.10. The normalized spacial score (nSPS) is 17.6. The molecular weight excluding hydrogens is 184 g/mol. The molecular formula is C11H13ClO. The highest BCUT2D eigenvalue weighted by Crippen LogP contribution is 2.28. The van der Waals surface area contributed by atoms with E-state index >= 15 is 0 Å². The number of rotatable bonds is 2. The zero-order valence-electron chi connectivity index (χ0n) is 7.50. The first-order valence-corrected chi connectivity index (χ1v) is 5.15. The van der Waals surface area contributed by atoms with Crippen LogP contribution in [0.2, 0.25) is 5.02 Å². The summed E-state index contributed by atoms with van der Waals surface area (Å²) in [6.45, 7) is 0. The van der Waals surface area contributed by atoms with Gasteiger partial charge in [0.25, 0.3) is 0 Å². The van der Waals surface area contributed by atoms with E-state index in [-0.39, 0.29) is 0 Å². The Bertz CT molecular complexity index is 279. The summed E-state index contributed by atoms with van der Waals surface area (Å²) >= 11 is 5.98. The second-order valence-corrected chi connectivity index (χ2v) is 3.86. The zero-order valence-corrected chi connectivity index (χ0v) is 8.26. The lowest BCUT2D eigenvalue weighted by atomic mass is 10.3. The van der Waals surface area contributed by atoms with Gasteiger partial charge in [0.05, 0.1) is 11.1 Å². The Hall–Kier alpha value is -0.690. The molecule has 70 valence electrons. The molecule has 1 saturated carbocycles. The minimum Gasteiger partial charge on any atom is -0.489 e. The summed E-state index contributed by atoms with van der Waals surface area (Å²) in [5.41, 5.74) is 0. The fourth-order valence-corrected chi connectivity index (χ4v) is 1.91. The van der Waals surface area contributed by atoms with Gasteiger partial charge in [-0.3, -0.25) is 0 Å². The molecule has 2 heteroatoms. The molecule has 0 aromatic heterocycles. The summed E-state index contributed by atoms with van der Waals surface area (Å²) in [6.07, 6.45) is 5.31. The summed E-state index contributed by atoms with van der Waals surface area (Å²) in [6, 6.07) is 7.67. The third-order valence-electron chi connectivity index (χ3n) is 2.43. The fourth-order valence-electron chi connectivity index (χ4n) is 1.73. The van der Waals surface area contributed by atoms with Crippen molar-refractivity contribution in [1.82, 2.24) is 0 Å². The van der Waals surface area contributed by atoms with E-state index in [4.69, 9.17) is 16.3 Å². The van der Waals surface area contributed by atoms with Gasteiger partial charge in [0.15, 0.2) is 0 Å². The Labute approximate surface area is 83.7 Å². The second-order valence-electron chi connectivity index (χ2n) is 3.45. The summed E-state index contributed by atoms with van der Waals surface area (Å²) in [5.74, 6) is 0.830. The van der Waals surface area contributed by atoms with Crippen molar-refractivity contribution in [3.05, 3.63) is 29.3 Å². The van der Waals surface area contributed by atoms with Crippen LogP contribution >= 0.6 is 11.6 Å². The van der Waals surface area contributed by atoms with Gasteiger partial charge in [-0.05, 0) is 37.8 Å². The Morgan fingerprint density at radius 3 is 2.54 bits per heavy atom. The molecule has 0 atom stereocenters. The average molecular weight is 197 g/mol. The molecule has 1 aromatic carbocycles. The molecule has 13 heavy (non-hydrogen) atoms. The van der Waals surface area contributed by atoms with E-state index < -0.39 is 0 Å². The SMILES string of the molecule is Clc1ccccc1OC1CCCC1. The molecule has 0 heterocycles. The molecule has 1 aromatic rings. The lowest BCUT2D eigenvalue weighted by Gasteiger charge is -2.13. The molecule has 1 aliphatic carbocycles. The third kappa shape index (κ3) is 2.16.